The fourth-order valence-corrected chi connectivity index (χ4v) is 3.05. The maximum Gasteiger partial charge on any atom is 0.410 e. The van der Waals surface area contributed by atoms with Crippen LogP contribution in [0.3, 0.4) is 0 Å². The van der Waals surface area contributed by atoms with Crippen LogP contribution in [0.2, 0.25) is 0 Å². The summed E-state index contributed by atoms with van der Waals surface area (Å²) in [6.07, 6.45) is 0.618. The van der Waals surface area contributed by atoms with Crippen LogP contribution in [0.15, 0.2) is 0 Å². The van der Waals surface area contributed by atoms with Gasteiger partial charge in [-0.2, -0.15) is 0 Å². The van der Waals surface area contributed by atoms with Crippen LogP contribution in [0.4, 0.5) is 4.79 Å². The Hall–Kier alpha value is -0.480. The minimum Gasteiger partial charge on any atom is -0.444 e. The van der Waals surface area contributed by atoms with Crippen LogP contribution in [0.1, 0.15) is 33.6 Å². The van der Waals surface area contributed by atoms with Gasteiger partial charge in [0, 0.05) is 24.9 Å². The van der Waals surface area contributed by atoms with Crippen molar-refractivity contribution in [3.8, 4) is 0 Å². The molecule has 1 aliphatic heterocycles. The number of amides is 1. The van der Waals surface area contributed by atoms with Gasteiger partial charge in [0.2, 0.25) is 0 Å². The van der Waals surface area contributed by atoms with Gasteiger partial charge in [0.15, 0.2) is 10.1 Å². The molecule has 1 amide bonds. The molecule has 18 heavy (non-hydrogen) atoms. The number of hydrogen-bond donors (Lipinski definition) is 0. The van der Waals surface area contributed by atoms with Gasteiger partial charge in [-0.1, -0.05) is 23.2 Å². The molecule has 6 heteroatoms. The average Bonchev–Trinajstić information content (AvgIpc) is 2.62. The summed E-state index contributed by atoms with van der Waals surface area (Å²) in [5, 5.41) is 0. The zero-order valence-corrected chi connectivity index (χ0v) is 12.3. The molecule has 0 aromatic heterocycles. The largest absolute Gasteiger partial charge is 0.444 e. The maximum absolute atomic E-state index is 11.9. The standard InChI is InChI=1S/C12H17Cl2NO3/c1-10(2,3)18-9(17)15-5-4-11(7-15)6-8(16)12(11,13)14/h4-7H2,1-3H3/t11-/m0/s1. The lowest BCUT2D eigenvalue weighted by Crippen LogP contribution is -2.59. The predicted molar refractivity (Wildman–Crippen MR) is 68.9 cm³/mol. The molecule has 1 aliphatic carbocycles. The Kier molecular flexibility index (Phi) is 3.10. The van der Waals surface area contributed by atoms with E-state index in [1.54, 1.807) is 4.90 Å². The monoisotopic (exact) mass is 293 g/mol. The lowest BCUT2D eigenvalue weighted by Gasteiger charge is -2.47. The number of likely N-dealkylation sites (tertiary alicyclic amines) is 1. The van der Waals surface area contributed by atoms with Crippen LogP contribution in [0, 0.1) is 5.41 Å². The molecule has 0 unspecified atom stereocenters. The Balaban J connectivity index is 2.02. The minimum absolute atomic E-state index is 0.156. The third-order valence-electron chi connectivity index (χ3n) is 3.52. The molecule has 1 heterocycles. The van der Waals surface area contributed by atoms with Crippen LogP contribution >= 0.6 is 23.2 Å². The van der Waals surface area contributed by atoms with Crippen molar-refractivity contribution in [2.45, 2.75) is 43.5 Å². The van der Waals surface area contributed by atoms with E-state index in [9.17, 15) is 9.59 Å². The van der Waals surface area contributed by atoms with Crippen molar-refractivity contribution in [3.05, 3.63) is 0 Å². The topological polar surface area (TPSA) is 46.6 Å². The summed E-state index contributed by atoms with van der Waals surface area (Å²) in [6.45, 7) is 6.37. The van der Waals surface area contributed by atoms with Crippen LogP contribution in [0.25, 0.3) is 0 Å². The first-order valence-corrected chi connectivity index (χ1v) is 6.72. The van der Waals surface area contributed by atoms with E-state index in [0.717, 1.165) is 0 Å². The average molecular weight is 294 g/mol. The van der Waals surface area contributed by atoms with Crippen LogP contribution in [-0.2, 0) is 9.53 Å². The number of rotatable bonds is 0. The Morgan fingerprint density at radius 2 is 2.00 bits per heavy atom. The van der Waals surface area contributed by atoms with Gasteiger partial charge in [-0.05, 0) is 27.2 Å². The first kappa shape index (κ1) is 13.9. The molecular formula is C12H17Cl2NO3. The zero-order valence-electron chi connectivity index (χ0n) is 10.8. The predicted octanol–water partition coefficient (Wildman–Crippen LogP) is 2.76. The van der Waals surface area contributed by atoms with E-state index in [2.05, 4.69) is 0 Å². The zero-order chi connectivity index (χ0) is 13.8. The molecule has 1 spiro atoms. The van der Waals surface area contributed by atoms with Crippen molar-refractivity contribution in [1.29, 1.82) is 0 Å². The smallest absolute Gasteiger partial charge is 0.410 e. The number of ketones is 1. The molecule has 2 fully saturated rings. The van der Waals surface area contributed by atoms with E-state index in [-0.39, 0.29) is 11.9 Å². The van der Waals surface area contributed by atoms with E-state index >= 15 is 0 Å². The number of carbonyl (C=O) groups is 2. The SMILES string of the molecule is CC(C)(C)OC(=O)N1CC[C@]2(CC(=O)C2(Cl)Cl)C1. The third kappa shape index (κ3) is 2.10. The highest BCUT2D eigenvalue weighted by molar-refractivity contribution is 6.61. The number of ether oxygens (including phenoxy) is 1. The summed E-state index contributed by atoms with van der Waals surface area (Å²) >= 11 is 12.1. The fourth-order valence-electron chi connectivity index (χ4n) is 2.47. The summed E-state index contributed by atoms with van der Waals surface area (Å²) in [7, 11) is 0. The minimum atomic E-state index is -1.34. The van der Waals surface area contributed by atoms with Crippen LogP contribution in [0.5, 0.6) is 0 Å². The highest BCUT2D eigenvalue weighted by Crippen LogP contribution is 2.59. The molecule has 0 N–H and O–H groups in total. The van der Waals surface area contributed by atoms with E-state index in [1.165, 1.54) is 0 Å². The Labute approximate surface area is 117 Å². The lowest BCUT2D eigenvalue weighted by molar-refractivity contribution is -0.133. The molecule has 0 bridgehead atoms. The number of nitrogens with zero attached hydrogens (tertiary/aromatic N) is 1. The van der Waals surface area contributed by atoms with Gasteiger partial charge in [-0.15, -0.1) is 0 Å². The Bertz CT molecular complexity index is 403. The summed E-state index contributed by atoms with van der Waals surface area (Å²) in [5.41, 5.74) is -1.01. The molecule has 0 radical (unpaired) electrons. The van der Waals surface area contributed by atoms with Crippen molar-refractivity contribution in [3.63, 3.8) is 0 Å². The summed E-state index contributed by atoms with van der Waals surface area (Å²) in [4.78, 5) is 24.9. The Morgan fingerprint density at radius 3 is 2.44 bits per heavy atom. The molecule has 102 valence electrons. The fraction of sp³-hybridized carbons (Fsp3) is 0.833. The van der Waals surface area contributed by atoms with Gasteiger partial charge in [0.05, 0.1) is 0 Å². The van der Waals surface area contributed by atoms with Crippen molar-refractivity contribution >= 4 is 35.1 Å². The molecule has 1 saturated carbocycles. The second kappa shape index (κ2) is 4.01. The second-order valence-corrected chi connectivity index (χ2v) is 7.43. The third-order valence-corrected chi connectivity index (χ3v) is 4.74. The van der Waals surface area contributed by atoms with E-state index in [0.29, 0.717) is 25.9 Å². The number of Topliss-reactive ketones (excluding diaryl/α,β-unsaturated/α-hetero) is 1. The van der Waals surface area contributed by atoms with Crippen molar-refractivity contribution in [2.24, 2.45) is 5.41 Å². The molecule has 1 atom stereocenters. The number of hydrogen-bond acceptors (Lipinski definition) is 3. The highest BCUT2D eigenvalue weighted by atomic mass is 35.5. The molecule has 4 nitrogen and oxygen atoms in total. The molecule has 2 rings (SSSR count). The quantitative estimate of drug-likeness (QED) is 0.645. The Morgan fingerprint density at radius 1 is 1.39 bits per heavy atom. The number of carbonyl (C=O) groups excluding carboxylic acids is 2. The normalized spacial score (nSPS) is 30.5. The van der Waals surface area contributed by atoms with Gasteiger partial charge in [-0.3, -0.25) is 4.79 Å². The van der Waals surface area contributed by atoms with E-state index < -0.39 is 15.3 Å². The van der Waals surface area contributed by atoms with Gasteiger partial charge < -0.3 is 9.64 Å². The number of alkyl halides is 2. The molecule has 0 aromatic rings. The highest BCUT2D eigenvalue weighted by Gasteiger charge is 2.67. The van der Waals surface area contributed by atoms with Crippen molar-refractivity contribution in [1.82, 2.24) is 4.90 Å². The van der Waals surface area contributed by atoms with E-state index in [4.69, 9.17) is 27.9 Å². The first-order valence-electron chi connectivity index (χ1n) is 5.96. The summed E-state index contributed by atoms with van der Waals surface area (Å²) < 4.78 is 3.95. The van der Waals surface area contributed by atoms with E-state index in [1.807, 2.05) is 20.8 Å². The second-order valence-electron chi connectivity index (χ2n) is 6.11. The molecule has 0 aromatic carbocycles. The first-order chi connectivity index (χ1) is 8.07. The van der Waals surface area contributed by atoms with Gasteiger partial charge in [0.1, 0.15) is 5.60 Å². The van der Waals surface area contributed by atoms with Crippen molar-refractivity contribution < 1.29 is 14.3 Å². The molecule has 1 saturated heterocycles. The van der Waals surface area contributed by atoms with Gasteiger partial charge >= 0.3 is 6.09 Å². The molecule has 2 aliphatic rings. The van der Waals surface area contributed by atoms with Crippen molar-refractivity contribution in [2.75, 3.05) is 13.1 Å². The molecular weight excluding hydrogens is 277 g/mol. The van der Waals surface area contributed by atoms with Crippen LogP contribution < -0.4 is 0 Å². The van der Waals surface area contributed by atoms with Gasteiger partial charge in [-0.25, -0.2) is 4.79 Å². The summed E-state index contributed by atoms with van der Waals surface area (Å²) in [5.74, 6) is -0.156. The van der Waals surface area contributed by atoms with Gasteiger partial charge in [0.25, 0.3) is 0 Å². The maximum atomic E-state index is 11.9. The summed E-state index contributed by atoms with van der Waals surface area (Å²) in [6, 6.07) is 0. The number of halogens is 2. The van der Waals surface area contributed by atoms with Crippen LogP contribution in [-0.4, -0.2) is 39.8 Å². The lowest BCUT2D eigenvalue weighted by atomic mass is 9.66.